The molecule has 0 saturated carbocycles. The van der Waals surface area contributed by atoms with Gasteiger partial charge in [-0.1, -0.05) is 0 Å². The summed E-state index contributed by atoms with van der Waals surface area (Å²) in [6, 6.07) is 0. The minimum Gasteiger partial charge on any atom is -0.481 e. The number of hydrogen-bond acceptors (Lipinski definition) is 6. The van der Waals surface area contributed by atoms with Gasteiger partial charge in [-0.25, -0.2) is 0 Å². The first-order valence-electron chi connectivity index (χ1n) is 8.05. The lowest BCUT2D eigenvalue weighted by atomic mass is 10.2. The van der Waals surface area contributed by atoms with Crippen molar-refractivity contribution in [1.29, 1.82) is 0 Å². The molecule has 0 aromatic heterocycles. The van der Waals surface area contributed by atoms with Gasteiger partial charge in [-0.15, -0.1) is 0 Å². The minimum atomic E-state index is 0.804. The predicted molar refractivity (Wildman–Crippen MR) is 90.8 cm³/mol. The Kier molecular flexibility index (Phi) is 8.60. The van der Waals surface area contributed by atoms with Crippen molar-refractivity contribution >= 4 is 0 Å². The van der Waals surface area contributed by atoms with Crippen LogP contribution in [0.15, 0.2) is 11.6 Å². The maximum atomic E-state index is 5.67. The number of hydrogen-bond donors (Lipinski definition) is 0. The third-order valence-corrected chi connectivity index (χ3v) is 4.00. The Labute approximate surface area is 136 Å². The molecule has 130 valence electrons. The monoisotopic (exact) mass is 314 g/mol. The fraction of sp³-hybridized carbons (Fsp3) is 0.875. The van der Waals surface area contributed by atoms with Crippen molar-refractivity contribution in [3.8, 4) is 0 Å². The van der Waals surface area contributed by atoms with Gasteiger partial charge in [-0.3, -0.25) is 4.90 Å². The first kappa shape index (κ1) is 19.1. The molecule has 0 saturated heterocycles. The molecule has 22 heavy (non-hydrogen) atoms. The van der Waals surface area contributed by atoms with Gasteiger partial charge in [-0.05, 0) is 27.6 Å². The smallest absolute Gasteiger partial charge is 0.210 e. The van der Waals surface area contributed by atoms with Crippen LogP contribution in [0.1, 0.15) is 6.42 Å². The molecule has 0 radical (unpaired) electrons. The molecule has 1 heterocycles. The van der Waals surface area contributed by atoms with E-state index in [4.69, 9.17) is 9.47 Å². The molecule has 1 aliphatic heterocycles. The van der Waals surface area contributed by atoms with Crippen molar-refractivity contribution < 1.29 is 9.47 Å². The van der Waals surface area contributed by atoms with Crippen LogP contribution >= 0.6 is 0 Å². The van der Waals surface area contributed by atoms with Crippen LogP contribution in [0.25, 0.3) is 0 Å². The molecule has 6 heteroatoms. The van der Waals surface area contributed by atoms with E-state index in [1.165, 1.54) is 5.70 Å². The number of nitrogens with zero attached hydrogens (tertiary/aromatic N) is 4. The van der Waals surface area contributed by atoms with Gasteiger partial charge in [0, 0.05) is 60.0 Å². The second kappa shape index (κ2) is 9.92. The predicted octanol–water partition coefficient (Wildman–Crippen LogP) is 0.579. The summed E-state index contributed by atoms with van der Waals surface area (Å²) in [7, 11) is 12.0. The van der Waals surface area contributed by atoms with Gasteiger partial charge >= 0.3 is 0 Å². The maximum Gasteiger partial charge on any atom is 0.210 e. The minimum absolute atomic E-state index is 0.804. The van der Waals surface area contributed by atoms with Crippen LogP contribution in [-0.2, 0) is 9.47 Å². The van der Waals surface area contributed by atoms with E-state index in [-0.39, 0.29) is 0 Å². The summed E-state index contributed by atoms with van der Waals surface area (Å²) in [4.78, 5) is 9.23. The normalized spacial score (nSPS) is 16.2. The highest BCUT2D eigenvalue weighted by Gasteiger charge is 2.25. The van der Waals surface area contributed by atoms with Crippen molar-refractivity contribution in [1.82, 2.24) is 19.6 Å². The van der Waals surface area contributed by atoms with Crippen LogP contribution < -0.4 is 0 Å². The average Bonchev–Trinajstić information content (AvgIpc) is 2.48. The molecule has 0 spiro atoms. The van der Waals surface area contributed by atoms with Gasteiger partial charge in [0.25, 0.3) is 0 Å². The molecule has 0 amide bonds. The molecule has 0 atom stereocenters. The number of methoxy groups -OCH3 is 2. The summed E-state index contributed by atoms with van der Waals surface area (Å²) in [5, 5.41) is 0. The van der Waals surface area contributed by atoms with Gasteiger partial charge in [-0.2, -0.15) is 0 Å². The fourth-order valence-electron chi connectivity index (χ4n) is 2.66. The van der Waals surface area contributed by atoms with Crippen LogP contribution in [0, 0.1) is 0 Å². The van der Waals surface area contributed by atoms with Crippen LogP contribution in [0.5, 0.6) is 0 Å². The molecular weight excluding hydrogens is 280 g/mol. The highest BCUT2D eigenvalue weighted by atomic mass is 16.5. The topological polar surface area (TPSA) is 31.4 Å². The Balaban J connectivity index is 2.73. The lowest BCUT2D eigenvalue weighted by molar-refractivity contribution is 0.103. The summed E-state index contributed by atoms with van der Waals surface area (Å²) in [6.45, 7) is 6.89. The standard InChI is InChI=1S/C16H34N4O2/c1-17(2)9-10-18(3)14-15-16(22-6)19(4)11-12-20(15)8-7-13-21-5/h7-14H2,1-6H3. The van der Waals surface area contributed by atoms with E-state index in [1.807, 2.05) is 0 Å². The molecule has 0 aliphatic carbocycles. The number of ether oxygens (including phenoxy) is 2. The number of likely N-dealkylation sites (N-methyl/N-ethyl adjacent to an activating group) is 3. The van der Waals surface area contributed by atoms with Crippen LogP contribution in [0.2, 0.25) is 0 Å². The summed E-state index contributed by atoms with van der Waals surface area (Å²) in [5.41, 5.74) is 1.29. The van der Waals surface area contributed by atoms with Gasteiger partial charge < -0.3 is 24.2 Å². The third-order valence-electron chi connectivity index (χ3n) is 4.00. The first-order chi connectivity index (χ1) is 10.5. The second-order valence-electron chi connectivity index (χ2n) is 6.25. The Morgan fingerprint density at radius 2 is 1.82 bits per heavy atom. The highest BCUT2D eigenvalue weighted by Crippen LogP contribution is 2.20. The van der Waals surface area contributed by atoms with Crippen molar-refractivity contribution in [2.45, 2.75) is 6.42 Å². The summed E-state index contributed by atoms with van der Waals surface area (Å²) in [6.07, 6.45) is 1.04. The molecule has 0 unspecified atom stereocenters. The fourth-order valence-corrected chi connectivity index (χ4v) is 2.66. The van der Waals surface area contributed by atoms with E-state index in [0.717, 1.165) is 58.2 Å². The van der Waals surface area contributed by atoms with E-state index in [1.54, 1.807) is 14.2 Å². The van der Waals surface area contributed by atoms with Gasteiger partial charge in [0.2, 0.25) is 5.88 Å². The molecule has 1 aliphatic rings. The van der Waals surface area contributed by atoms with Crippen molar-refractivity contribution in [2.75, 3.05) is 88.3 Å². The number of rotatable bonds is 10. The van der Waals surface area contributed by atoms with Gasteiger partial charge in [0.15, 0.2) is 0 Å². The zero-order chi connectivity index (χ0) is 16.5. The SMILES string of the molecule is COCCCN1CCN(C)C(OC)=C1CN(C)CCN(C)C. The molecule has 0 aromatic carbocycles. The zero-order valence-electron chi connectivity index (χ0n) is 15.3. The van der Waals surface area contributed by atoms with E-state index in [0.29, 0.717) is 0 Å². The Morgan fingerprint density at radius 1 is 1.09 bits per heavy atom. The van der Waals surface area contributed by atoms with Crippen molar-refractivity contribution in [3.05, 3.63) is 11.6 Å². The van der Waals surface area contributed by atoms with E-state index < -0.39 is 0 Å². The first-order valence-corrected chi connectivity index (χ1v) is 8.05. The molecular formula is C16H34N4O2. The van der Waals surface area contributed by atoms with Crippen LogP contribution in [0.3, 0.4) is 0 Å². The van der Waals surface area contributed by atoms with Crippen LogP contribution in [-0.4, -0.2) is 108 Å². The maximum absolute atomic E-state index is 5.67. The molecule has 0 fully saturated rings. The Hall–Kier alpha value is -0.980. The molecule has 1 rings (SSSR count). The van der Waals surface area contributed by atoms with E-state index in [9.17, 15) is 0 Å². The molecule has 0 N–H and O–H groups in total. The second-order valence-corrected chi connectivity index (χ2v) is 6.25. The summed E-state index contributed by atoms with van der Waals surface area (Å²) < 4.78 is 10.9. The summed E-state index contributed by atoms with van der Waals surface area (Å²) in [5.74, 6) is 1.00. The zero-order valence-corrected chi connectivity index (χ0v) is 15.3. The van der Waals surface area contributed by atoms with Gasteiger partial charge in [0.05, 0.1) is 12.8 Å². The van der Waals surface area contributed by atoms with Gasteiger partial charge in [0.1, 0.15) is 0 Å². The largest absolute Gasteiger partial charge is 0.481 e. The molecule has 6 nitrogen and oxygen atoms in total. The van der Waals surface area contributed by atoms with E-state index >= 15 is 0 Å². The highest BCUT2D eigenvalue weighted by molar-refractivity contribution is 5.12. The Bertz CT molecular complexity index is 347. The quantitative estimate of drug-likeness (QED) is 0.548. The lowest BCUT2D eigenvalue weighted by Crippen LogP contribution is -2.45. The Morgan fingerprint density at radius 3 is 2.41 bits per heavy atom. The molecule has 0 aromatic rings. The average molecular weight is 314 g/mol. The van der Waals surface area contributed by atoms with Crippen molar-refractivity contribution in [2.24, 2.45) is 0 Å². The van der Waals surface area contributed by atoms with E-state index in [2.05, 4.69) is 47.8 Å². The third kappa shape index (κ3) is 6.02. The van der Waals surface area contributed by atoms with Crippen LogP contribution in [0.4, 0.5) is 0 Å². The summed E-state index contributed by atoms with van der Waals surface area (Å²) >= 11 is 0. The van der Waals surface area contributed by atoms with Crippen molar-refractivity contribution in [3.63, 3.8) is 0 Å². The molecule has 0 bridgehead atoms. The lowest BCUT2D eigenvalue weighted by Gasteiger charge is -2.39.